The number of rotatable bonds is 4. The lowest BCUT2D eigenvalue weighted by molar-refractivity contribution is 0.668. The molecule has 0 aliphatic rings. The number of nitrogens with one attached hydrogen (secondary N) is 2. The molecule has 0 aliphatic heterocycles. The number of hydrogen-bond donors (Lipinski definition) is 2. The largest absolute Gasteiger partial charge is 0.348 e. The zero-order valence-corrected chi connectivity index (χ0v) is 9.07. The topological polar surface area (TPSA) is 69.4 Å². The highest BCUT2D eigenvalue weighted by Crippen LogP contribution is 2.05. The highest BCUT2D eigenvalue weighted by atomic mass is 15.0. The summed E-state index contributed by atoms with van der Waals surface area (Å²) >= 11 is 0. The van der Waals surface area contributed by atoms with Crippen LogP contribution in [0.2, 0.25) is 0 Å². The van der Waals surface area contributed by atoms with Crippen LogP contribution in [-0.4, -0.2) is 14.5 Å². The number of aryl methyl sites for hydroxylation is 1. The standard InChI is InChI=1S/C11H13N5/c1-16-8-9(4-10(16)5-12)6-13-7-11-14-2-3-15-11/h2-4,8,13H,6-7H2,1H3,(H,14,15). The van der Waals surface area contributed by atoms with Crippen molar-refractivity contribution < 1.29 is 0 Å². The molecule has 0 saturated heterocycles. The second-order valence-corrected chi connectivity index (χ2v) is 3.60. The van der Waals surface area contributed by atoms with Crippen LogP contribution in [0.3, 0.4) is 0 Å². The van der Waals surface area contributed by atoms with Crippen LogP contribution in [0.5, 0.6) is 0 Å². The zero-order valence-electron chi connectivity index (χ0n) is 9.07. The predicted molar refractivity (Wildman–Crippen MR) is 59.3 cm³/mol. The molecule has 5 nitrogen and oxygen atoms in total. The summed E-state index contributed by atoms with van der Waals surface area (Å²) in [4.78, 5) is 7.13. The van der Waals surface area contributed by atoms with Gasteiger partial charge in [-0.2, -0.15) is 5.26 Å². The molecule has 0 aromatic carbocycles. The van der Waals surface area contributed by atoms with Crippen molar-refractivity contribution >= 4 is 0 Å². The highest BCUT2D eigenvalue weighted by Gasteiger charge is 2.01. The lowest BCUT2D eigenvalue weighted by Crippen LogP contribution is -2.13. The van der Waals surface area contributed by atoms with Crippen molar-refractivity contribution in [3.8, 4) is 6.07 Å². The van der Waals surface area contributed by atoms with Gasteiger partial charge in [-0.25, -0.2) is 4.98 Å². The first kappa shape index (κ1) is 10.5. The summed E-state index contributed by atoms with van der Waals surface area (Å²) in [5.41, 5.74) is 1.78. The van der Waals surface area contributed by atoms with Gasteiger partial charge < -0.3 is 14.9 Å². The first-order chi connectivity index (χ1) is 7.79. The molecule has 5 heteroatoms. The number of aromatic nitrogens is 3. The van der Waals surface area contributed by atoms with Gasteiger partial charge in [-0.15, -0.1) is 0 Å². The molecule has 2 heterocycles. The minimum atomic E-state index is 0.676. The van der Waals surface area contributed by atoms with Crippen molar-refractivity contribution in [1.82, 2.24) is 19.9 Å². The van der Waals surface area contributed by atoms with E-state index in [2.05, 4.69) is 21.4 Å². The highest BCUT2D eigenvalue weighted by molar-refractivity contribution is 5.28. The summed E-state index contributed by atoms with van der Waals surface area (Å²) in [6.45, 7) is 1.43. The molecule has 0 bridgehead atoms. The number of nitrogens with zero attached hydrogens (tertiary/aromatic N) is 3. The molecule has 0 saturated carbocycles. The molecule has 2 rings (SSSR count). The van der Waals surface area contributed by atoms with Crippen molar-refractivity contribution in [2.24, 2.45) is 7.05 Å². The van der Waals surface area contributed by atoms with E-state index >= 15 is 0 Å². The van der Waals surface area contributed by atoms with Crippen LogP contribution in [0.15, 0.2) is 24.7 Å². The molecular formula is C11H13N5. The maximum absolute atomic E-state index is 8.80. The number of aromatic amines is 1. The fourth-order valence-corrected chi connectivity index (χ4v) is 1.56. The van der Waals surface area contributed by atoms with E-state index in [0.29, 0.717) is 12.2 Å². The number of hydrogen-bond acceptors (Lipinski definition) is 3. The van der Waals surface area contributed by atoms with Gasteiger partial charge >= 0.3 is 0 Å². The van der Waals surface area contributed by atoms with Crippen LogP contribution < -0.4 is 5.32 Å². The van der Waals surface area contributed by atoms with Gasteiger partial charge in [0.1, 0.15) is 17.6 Å². The van der Waals surface area contributed by atoms with Crippen molar-refractivity contribution in [2.75, 3.05) is 0 Å². The van der Waals surface area contributed by atoms with Crippen molar-refractivity contribution in [3.05, 3.63) is 41.7 Å². The summed E-state index contributed by atoms with van der Waals surface area (Å²) < 4.78 is 1.82. The molecule has 0 atom stereocenters. The van der Waals surface area contributed by atoms with Crippen molar-refractivity contribution in [2.45, 2.75) is 13.1 Å². The van der Waals surface area contributed by atoms with Gasteiger partial charge in [0.05, 0.1) is 6.54 Å². The summed E-state index contributed by atoms with van der Waals surface area (Å²) in [5.74, 6) is 0.913. The van der Waals surface area contributed by atoms with E-state index in [1.165, 1.54) is 0 Å². The Kier molecular flexibility index (Phi) is 3.03. The second kappa shape index (κ2) is 4.64. The van der Waals surface area contributed by atoms with Gasteiger partial charge in [0.25, 0.3) is 0 Å². The first-order valence-electron chi connectivity index (χ1n) is 5.04. The maximum atomic E-state index is 8.80. The van der Waals surface area contributed by atoms with Crippen LogP contribution in [0.4, 0.5) is 0 Å². The Hall–Kier alpha value is -2.06. The maximum Gasteiger partial charge on any atom is 0.120 e. The summed E-state index contributed by atoms with van der Waals surface area (Å²) in [5, 5.41) is 12.1. The minimum Gasteiger partial charge on any atom is -0.348 e. The number of nitriles is 1. The van der Waals surface area contributed by atoms with E-state index in [1.54, 1.807) is 12.4 Å². The SMILES string of the molecule is Cn1cc(CNCc2ncc[nH]2)cc1C#N. The van der Waals surface area contributed by atoms with E-state index in [0.717, 1.165) is 17.9 Å². The van der Waals surface area contributed by atoms with Gasteiger partial charge in [-0.3, -0.25) is 0 Å². The zero-order chi connectivity index (χ0) is 11.4. The van der Waals surface area contributed by atoms with E-state index in [-0.39, 0.29) is 0 Å². The van der Waals surface area contributed by atoms with Gasteiger partial charge in [0, 0.05) is 32.2 Å². The molecule has 0 aliphatic carbocycles. The molecule has 0 radical (unpaired) electrons. The van der Waals surface area contributed by atoms with E-state index in [9.17, 15) is 0 Å². The Morgan fingerprint density at radius 2 is 2.44 bits per heavy atom. The molecule has 0 spiro atoms. The van der Waals surface area contributed by atoms with Crippen LogP contribution in [0.25, 0.3) is 0 Å². The molecule has 0 fully saturated rings. The average Bonchev–Trinajstić information content (AvgIpc) is 2.88. The Bertz CT molecular complexity index is 489. The van der Waals surface area contributed by atoms with E-state index in [1.807, 2.05) is 23.9 Å². The molecule has 0 amide bonds. The average molecular weight is 215 g/mol. The predicted octanol–water partition coefficient (Wildman–Crippen LogP) is 0.910. The van der Waals surface area contributed by atoms with Gasteiger partial charge in [0.15, 0.2) is 0 Å². The van der Waals surface area contributed by atoms with Crippen molar-refractivity contribution in [1.29, 1.82) is 5.26 Å². The molecule has 2 aromatic rings. The molecule has 82 valence electrons. The smallest absolute Gasteiger partial charge is 0.120 e. The Morgan fingerprint density at radius 3 is 3.06 bits per heavy atom. The van der Waals surface area contributed by atoms with E-state index < -0.39 is 0 Å². The Morgan fingerprint density at radius 1 is 1.56 bits per heavy atom. The third-order valence-electron chi connectivity index (χ3n) is 2.35. The Balaban J connectivity index is 1.88. The van der Waals surface area contributed by atoms with Crippen LogP contribution in [-0.2, 0) is 20.1 Å². The number of H-pyrrole nitrogens is 1. The third-order valence-corrected chi connectivity index (χ3v) is 2.35. The first-order valence-corrected chi connectivity index (χ1v) is 5.04. The number of imidazole rings is 1. The lowest BCUT2D eigenvalue weighted by Gasteiger charge is -1.99. The normalized spacial score (nSPS) is 10.2. The van der Waals surface area contributed by atoms with E-state index in [4.69, 9.17) is 5.26 Å². The lowest BCUT2D eigenvalue weighted by atomic mass is 10.3. The molecule has 2 aromatic heterocycles. The summed E-state index contributed by atoms with van der Waals surface area (Å²) in [6, 6.07) is 4.02. The fraction of sp³-hybridized carbons (Fsp3) is 0.273. The van der Waals surface area contributed by atoms with Crippen LogP contribution in [0.1, 0.15) is 17.1 Å². The van der Waals surface area contributed by atoms with Crippen molar-refractivity contribution in [3.63, 3.8) is 0 Å². The Labute approximate surface area is 93.7 Å². The monoisotopic (exact) mass is 215 g/mol. The molecular weight excluding hydrogens is 202 g/mol. The quantitative estimate of drug-likeness (QED) is 0.796. The van der Waals surface area contributed by atoms with Gasteiger partial charge in [-0.05, 0) is 11.6 Å². The summed E-state index contributed by atoms with van der Waals surface area (Å²) in [6.07, 6.45) is 5.48. The fourth-order valence-electron chi connectivity index (χ4n) is 1.56. The van der Waals surface area contributed by atoms with Gasteiger partial charge in [0.2, 0.25) is 0 Å². The minimum absolute atomic E-state index is 0.676. The van der Waals surface area contributed by atoms with Crippen LogP contribution >= 0.6 is 0 Å². The third kappa shape index (κ3) is 2.30. The van der Waals surface area contributed by atoms with Crippen LogP contribution in [0, 0.1) is 11.3 Å². The molecule has 2 N–H and O–H groups in total. The molecule has 16 heavy (non-hydrogen) atoms. The van der Waals surface area contributed by atoms with Gasteiger partial charge in [-0.1, -0.05) is 0 Å². The second-order valence-electron chi connectivity index (χ2n) is 3.60. The summed E-state index contributed by atoms with van der Waals surface area (Å²) in [7, 11) is 1.87. The molecule has 0 unspecified atom stereocenters.